The van der Waals surface area contributed by atoms with E-state index in [0.29, 0.717) is 11.5 Å². The van der Waals surface area contributed by atoms with Gasteiger partial charge in [-0.1, -0.05) is 0 Å². The zero-order chi connectivity index (χ0) is 13.2. The Morgan fingerprint density at radius 3 is 2.29 bits per heavy atom. The largest absolute Gasteiger partial charge is 0.493 e. The van der Waals surface area contributed by atoms with E-state index in [0.717, 1.165) is 16.7 Å². The number of benzene rings is 1. The highest BCUT2D eigenvalue weighted by Crippen LogP contribution is 2.38. The molecule has 1 aromatic rings. The maximum Gasteiger partial charge on any atom is 0.310 e. The van der Waals surface area contributed by atoms with Crippen LogP contribution in [0.2, 0.25) is 0 Å². The summed E-state index contributed by atoms with van der Waals surface area (Å²) in [4.78, 5) is 11.1. The Balaban J connectivity index is 3.47. The van der Waals surface area contributed by atoms with E-state index < -0.39 is 11.9 Å². The van der Waals surface area contributed by atoms with Crippen LogP contribution in [0, 0.1) is 13.8 Å². The lowest BCUT2D eigenvalue weighted by Crippen LogP contribution is -2.12. The topological polar surface area (TPSA) is 55.8 Å². The van der Waals surface area contributed by atoms with Crippen molar-refractivity contribution in [2.45, 2.75) is 26.7 Å². The molecule has 0 saturated carbocycles. The van der Waals surface area contributed by atoms with E-state index in [1.165, 1.54) is 0 Å². The number of carboxylic acids is 1. The Bertz CT molecular complexity index is 438. The number of carboxylic acid groups (broad SMARTS) is 1. The third-order valence-corrected chi connectivity index (χ3v) is 2.97. The van der Waals surface area contributed by atoms with Crippen molar-refractivity contribution in [3.05, 3.63) is 22.8 Å². The third-order valence-electron chi connectivity index (χ3n) is 2.97. The smallest absolute Gasteiger partial charge is 0.310 e. The van der Waals surface area contributed by atoms with Gasteiger partial charge in [0, 0.05) is 0 Å². The normalized spacial score (nSPS) is 12.1. The van der Waals surface area contributed by atoms with Crippen molar-refractivity contribution in [2.24, 2.45) is 0 Å². The van der Waals surface area contributed by atoms with Gasteiger partial charge in [0.05, 0.1) is 20.1 Å². The fourth-order valence-electron chi connectivity index (χ4n) is 2.14. The first kappa shape index (κ1) is 13.4. The van der Waals surface area contributed by atoms with Crippen molar-refractivity contribution < 1.29 is 19.4 Å². The van der Waals surface area contributed by atoms with E-state index in [1.54, 1.807) is 27.2 Å². The van der Waals surface area contributed by atoms with Crippen LogP contribution >= 0.6 is 0 Å². The minimum atomic E-state index is -0.844. The summed E-state index contributed by atoms with van der Waals surface area (Å²) in [5, 5.41) is 9.10. The van der Waals surface area contributed by atoms with Crippen LogP contribution in [0.3, 0.4) is 0 Å². The van der Waals surface area contributed by atoms with Gasteiger partial charge >= 0.3 is 5.97 Å². The molecule has 0 heterocycles. The summed E-state index contributed by atoms with van der Waals surface area (Å²) in [7, 11) is 3.12. The summed E-state index contributed by atoms with van der Waals surface area (Å²) in [6, 6.07) is 1.81. The first-order valence-electron chi connectivity index (χ1n) is 5.38. The van der Waals surface area contributed by atoms with Gasteiger partial charge in [-0.15, -0.1) is 0 Å². The molecule has 0 spiro atoms. The molecule has 94 valence electrons. The fourth-order valence-corrected chi connectivity index (χ4v) is 2.14. The van der Waals surface area contributed by atoms with E-state index in [9.17, 15) is 4.79 Å². The lowest BCUT2D eigenvalue weighted by molar-refractivity contribution is -0.138. The van der Waals surface area contributed by atoms with Crippen LogP contribution in [0.5, 0.6) is 11.5 Å². The molecule has 0 radical (unpaired) electrons. The lowest BCUT2D eigenvalue weighted by atomic mass is 9.91. The molecule has 1 aromatic carbocycles. The molecular formula is C13H18O4. The maximum atomic E-state index is 11.1. The van der Waals surface area contributed by atoms with Crippen molar-refractivity contribution in [3.8, 4) is 11.5 Å². The first-order valence-corrected chi connectivity index (χ1v) is 5.38. The van der Waals surface area contributed by atoms with Gasteiger partial charge in [0.25, 0.3) is 0 Å². The molecule has 0 amide bonds. The molecule has 0 aliphatic rings. The van der Waals surface area contributed by atoms with E-state index >= 15 is 0 Å². The highest BCUT2D eigenvalue weighted by Gasteiger charge is 2.22. The highest BCUT2D eigenvalue weighted by molar-refractivity contribution is 5.77. The minimum absolute atomic E-state index is 0.560. The van der Waals surface area contributed by atoms with Crippen molar-refractivity contribution in [1.29, 1.82) is 0 Å². The van der Waals surface area contributed by atoms with Crippen LogP contribution in [0.25, 0.3) is 0 Å². The Labute approximate surface area is 101 Å². The average Bonchev–Trinajstić information content (AvgIpc) is 2.27. The molecule has 0 aromatic heterocycles. The number of ether oxygens (including phenoxy) is 2. The zero-order valence-electron chi connectivity index (χ0n) is 10.8. The summed E-state index contributed by atoms with van der Waals surface area (Å²) in [5.41, 5.74) is 2.50. The van der Waals surface area contributed by atoms with Crippen LogP contribution in [0.4, 0.5) is 0 Å². The molecule has 0 fully saturated rings. The zero-order valence-corrected chi connectivity index (χ0v) is 10.8. The predicted molar refractivity (Wildman–Crippen MR) is 65.1 cm³/mol. The molecule has 1 unspecified atom stereocenters. The van der Waals surface area contributed by atoms with Gasteiger partial charge in [-0.05, 0) is 43.5 Å². The number of hydrogen-bond acceptors (Lipinski definition) is 3. The van der Waals surface area contributed by atoms with Gasteiger partial charge in [-0.25, -0.2) is 0 Å². The van der Waals surface area contributed by atoms with Gasteiger partial charge in [0.15, 0.2) is 11.5 Å². The quantitative estimate of drug-likeness (QED) is 0.875. The van der Waals surface area contributed by atoms with E-state index in [2.05, 4.69) is 0 Å². The molecular weight excluding hydrogens is 220 g/mol. The molecule has 0 bridgehead atoms. The number of carbonyl (C=O) groups is 1. The molecule has 1 rings (SSSR count). The minimum Gasteiger partial charge on any atom is -0.493 e. The van der Waals surface area contributed by atoms with Crippen LogP contribution < -0.4 is 9.47 Å². The van der Waals surface area contributed by atoms with Crippen LogP contribution in [0.1, 0.15) is 29.5 Å². The van der Waals surface area contributed by atoms with E-state index in [4.69, 9.17) is 14.6 Å². The number of aliphatic carboxylic acids is 1. The average molecular weight is 238 g/mol. The number of aryl methyl sites for hydroxylation is 1. The van der Waals surface area contributed by atoms with Gasteiger partial charge < -0.3 is 14.6 Å². The summed E-state index contributed by atoms with van der Waals surface area (Å²) >= 11 is 0. The van der Waals surface area contributed by atoms with E-state index in [1.807, 2.05) is 13.8 Å². The second-order valence-corrected chi connectivity index (χ2v) is 4.03. The summed E-state index contributed by atoms with van der Waals surface area (Å²) in [6.45, 7) is 5.40. The Morgan fingerprint density at radius 1 is 1.29 bits per heavy atom. The molecule has 1 N–H and O–H groups in total. The second kappa shape index (κ2) is 5.08. The summed E-state index contributed by atoms with van der Waals surface area (Å²) < 4.78 is 10.5. The van der Waals surface area contributed by atoms with Crippen molar-refractivity contribution in [1.82, 2.24) is 0 Å². The fraction of sp³-hybridized carbons (Fsp3) is 0.462. The maximum absolute atomic E-state index is 11.1. The van der Waals surface area contributed by atoms with Crippen molar-refractivity contribution in [3.63, 3.8) is 0 Å². The van der Waals surface area contributed by atoms with Gasteiger partial charge in [-0.2, -0.15) is 0 Å². The van der Waals surface area contributed by atoms with Crippen LogP contribution in [-0.2, 0) is 4.79 Å². The molecule has 0 saturated heterocycles. The SMILES string of the molecule is COc1cc(C)c(C(C)C(=O)O)c(C)c1OC. The molecule has 4 heteroatoms. The lowest BCUT2D eigenvalue weighted by Gasteiger charge is -2.19. The van der Waals surface area contributed by atoms with Crippen molar-refractivity contribution >= 4 is 5.97 Å². The first-order chi connectivity index (χ1) is 7.93. The molecule has 0 aliphatic heterocycles. The number of hydrogen-bond donors (Lipinski definition) is 1. The third kappa shape index (κ3) is 2.35. The Hall–Kier alpha value is -1.71. The highest BCUT2D eigenvalue weighted by atomic mass is 16.5. The van der Waals surface area contributed by atoms with Crippen LogP contribution in [-0.4, -0.2) is 25.3 Å². The molecule has 17 heavy (non-hydrogen) atoms. The van der Waals surface area contributed by atoms with Gasteiger partial charge in [-0.3, -0.25) is 4.79 Å². The van der Waals surface area contributed by atoms with Gasteiger partial charge in [0.2, 0.25) is 0 Å². The predicted octanol–water partition coefficient (Wildman–Crippen LogP) is 2.51. The molecule has 4 nitrogen and oxygen atoms in total. The number of rotatable bonds is 4. The van der Waals surface area contributed by atoms with Crippen molar-refractivity contribution in [2.75, 3.05) is 14.2 Å². The van der Waals surface area contributed by atoms with Gasteiger partial charge in [0.1, 0.15) is 0 Å². The Morgan fingerprint density at radius 2 is 1.88 bits per heavy atom. The molecule has 1 atom stereocenters. The molecule has 0 aliphatic carbocycles. The van der Waals surface area contributed by atoms with E-state index in [-0.39, 0.29) is 0 Å². The standard InChI is InChI=1S/C13H18O4/c1-7-6-10(16-4)12(17-5)8(2)11(7)9(3)13(14)15/h6,9H,1-5H3,(H,14,15). The van der Waals surface area contributed by atoms with Crippen LogP contribution in [0.15, 0.2) is 6.07 Å². The summed E-state index contributed by atoms with van der Waals surface area (Å²) in [5.74, 6) is -0.178. The second-order valence-electron chi connectivity index (χ2n) is 4.03. The Kier molecular flexibility index (Phi) is 3.99. The number of methoxy groups -OCH3 is 2. The summed E-state index contributed by atoms with van der Waals surface area (Å²) in [6.07, 6.45) is 0. The monoisotopic (exact) mass is 238 g/mol.